The summed E-state index contributed by atoms with van der Waals surface area (Å²) >= 11 is 0. The van der Waals surface area contributed by atoms with Crippen molar-refractivity contribution in [1.82, 2.24) is 0 Å². The smallest absolute Gasteiger partial charge is 0.302 e. The Labute approximate surface area is 110 Å². The largest absolute Gasteiger partial charge is 0.462 e. The van der Waals surface area contributed by atoms with Gasteiger partial charge in [-0.2, -0.15) is 0 Å². The molecule has 1 fully saturated rings. The monoisotopic (exact) mass is 268 g/mol. The summed E-state index contributed by atoms with van der Waals surface area (Å²) in [5, 5.41) is 29.3. The third-order valence-electron chi connectivity index (χ3n) is 3.01. The van der Waals surface area contributed by atoms with Crippen molar-refractivity contribution in [1.29, 1.82) is 0 Å². The van der Waals surface area contributed by atoms with Gasteiger partial charge in [-0.25, -0.2) is 0 Å². The molecule has 2 aliphatic rings. The van der Waals surface area contributed by atoms with Crippen molar-refractivity contribution in [3.63, 3.8) is 0 Å². The highest BCUT2D eigenvalue weighted by Gasteiger charge is 2.64. The Bertz CT molecular complexity index is 471. The van der Waals surface area contributed by atoms with Crippen LogP contribution in [0, 0.1) is 11.8 Å². The lowest BCUT2D eigenvalue weighted by atomic mass is 9.89. The lowest BCUT2D eigenvalue weighted by Gasteiger charge is -2.19. The predicted molar refractivity (Wildman–Crippen MR) is 63.8 cm³/mol. The molecular formula is C13H16O6. The zero-order chi connectivity index (χ0) is 14.3. The van der Waals surface area contributed by atoms with Gasteiger partial charge in [-0.1, -0.05) is 24.0 Å². The molecule has 6 heteroatoms. The first-order valence-corrected chi connectivity index (χ1v) is 5.89. The van der Waals surface area contributed by atoms with Crippen LogP contribution in [0.25, 0.3) is 0 Å². The van der Waals surface area contributed by atoms with Gasteiger partial charge < -0.3 is 24.8 Å². The van der Waals surface area contributed by atoms with Crippen LogP contribution in [0.2, 0.25) is 0 Å². The Morgan fingerprint density at radius 1 is 1.53 bits per heavy atom. The zero-order valence-electron chi connectivity index (χ0n) is 10.7. The van der Waals surface area contributed by atoms with Gasteiger partial charge in [-0.05, 0) is 6.92 Å². The van der Waals surface area contributed by atoms with Crippen molar-refractivity contribution in [2.75, 3.05) is 6.61 Å². The number of esters is 1. The Hall–Kier alpha value is -1.39. The number of hydrogen-bond donors (Lipinski definition) is 3. The highest BCUT2D eigenvalue weighted by molar-refractivity contribution is 5.66. The molecular weight excluding hydrogens is 252 g/mol. The second kappa shape index (κ2) is 4.62. The highest BCUT2D eigenvalue weighted by Crippen LogP contribution is 2.45. The second-order valence-electron chi connectivity index (χ2n) is 4.96. The van der Waals surface area contributed by atoms with Crippen molar-refractivity contribution >= 4 is 5.97 Å². The zero-order valence-corrected chi connectivity index (χ0v) is 10.7. The van der Waals surface area contributed by atoms with Crippen LogP contribution in [-0.4, -0.2) is 57.4 Å². The van der Waals surface area contributed by atoms with Crippen molar-refractivity contribution in [2.45, 2.75) is 43.4 Å². The molecule has 1 unspecified atom stereocenters. The Kier molecular flexibility index (Phi) is 3.41. The molecule has 0 radical (unpaired) electrons. The number of carbonyl (C=O) groups excluding carboxylic acids is 1. The van der Waals surface area contributed by atoms with Gasteiger partial charge >= 0.3 is 5.97 Å². The fourth-order valence-corrected chi connectivity index (χ4v) is 1.89. The van der Waals surface area contributed by atoms with E-state index in [1.165, 1.54) is 26.0 Å². The minimum Gasteiger partial charge on any atom is -0.462 e. The summed E-state index contributed by atoms with van der Waals surface area (Å²) in [5.74, 6) is 4.64. The number of fused-ring (bicyclic) bond motifs is 1. The quantitative estimate of drug-likeness (QED) is 0.250. The molecule has 5 atom stereocenters. The summed E-state index contributed by atoms with van der Waals surface area (Å²) in [4.78, 5) is 10.7. The molecule has 1 saturated heterocycles. The Morgan fingerprint density at radius 2 is 2.21 bits per heavy atom. The average Bonchev–Trinajstić information content (AvgIpc) is 3.07. The number of carbonyl (C=O) groups is 1. The summed E-state index contributed by atoms with van der Waals surface area (Å²) in [6.07, 6.45) is 0.474. The molecule has 0 spiro atoms. The van der Waals surface area contributed by atoms with Gasteiger partial charge in [-0.3, -0.25) is 4.79 Å². The normalized spacial score (nSPS) is 38.5. The highest BCUT2D eigenvalue weighted by atomic mass is 16.6. The van der Waals surface area contributed by atoms with Gasteiger partial charge in [0.15, 0.2) is 11.2 Å². The van der Waals surface area contributed by atoms with E-state index in [0.29, 0.717) is 0 Å². The average molecular weight is 268 g/mol. The predicted octanol–water partition coefficient (Wildman–Crippen LogP) is -1.27. The molecule has 0 saturated carbocycles. The van der Waals surface area contributed by atoms with E-state index in [0.717, 1.165) is 0 Å². The Balaban J connectivity index is 2.08. The summed E-state index contributed by atoms with van der Waals surface area (Å²) < 4.78 is 9.94. The van der Waals surface area contributed by atoms with Crippen LogP contribution >= 0.6 is 0 Å². The van der Waals surface area contributed by atoms with Gasteiger partial charge in [-0.15, -0.1) is 0 Å². The summed E-state index contributed by atoms with van der Waals surface area (Å²) in [6, 6.07) is 0. The Morgan fingerprint density at radius 3 is 2.84 bits per heavy atom. The molecule has 6 nitrogen and oxygen atoms in total. The molecule has 1 aliphatic heterocycles. The van der Waals surface area contributed by atoms with Crippen molar-refractivity contribution in [2.24, 2.45) is 0 Å². The van der Waals surface area contributed by atoms with Crippen molar-refractivity contribution < 1.29 is 29.6 Å². The third kappa shape index (κ3) is 2.80. The topological polar surface area (TPSA) is 99.5 Å². The number of epoxide rings is 1. The maximum atomic E-state index is 10.7. The first-order valence-electron chi connectivity index (χ1n) is 5.89. The molecule has 0 aromatic heterocycles. The number of aliphatic hydroxyl groups is 3. The molecule has 0 aromatic rings. The van der Waals surface area contributed by atoms with E-state index in [2.05, 4.69) is 16.6 Å². The lowest BCUT2D eigenvalue weighted by molar-refractivity contribution is -0.145. The fourth-order valence-electron chi connectivity index (χ4n) is 1.89. The third-order valence-corrected chi connectivity index (χ3v) is 3.01. The first kappa shape index (κ1) is 14.0. The molecule has 0 aromatic carbocycles. The molecule has 19 heavy (non-hydrogen) atoms. The maximum Gasteiger partial charge on any atom is 0.302 e. The molecule has 0 bridgehead atoms. The van der Waals surface area contributed by atoms with Gasteiger partial charge in [0, 0.05) is 6.92 Å². The van der Waals surface area contributed by atoms with Gasteiger partial charge in [0.05, 0.1) is 0 Å². The van der Waals surface area contributed by atoms with E-state index in [9.17, 15) is 20.1 Å². The van der Waals surface area contributed by atoms with Gasteiger partial charge in [0.2, 0.25) is 0 Å². The molecule has 1 heterocycles. The van der Waals surface area contributed by atoms with E-state index in [1.807, 2.05) is 0 Å². The van der Waals surface area contributed by atoms with Crippen LogP contribution in [0.15, 0.2) is 12.2 Å². The minimum atomic E-state index is -1.54. The van der Waals surface area contributed by atoms with Crippen LogP contribution < -0.4 is 0 Å². The maximum absolute atomic E-state index is 10.7. The number of rotatable bonds is 2. The number of ether oxygens (including phenoxy) is 2. The SMILES string of the molecule is CC(=O)OCC(C)(O)C#C[C@@]12O[C@@H]1[C@@H](O)C=C[C@@H]2O. The van der Waals surface area contributed by atoms with E-state index in [1.54, 1.807) is 0 Å². The molecule has 3 N–H and O–H groups in total. The van der Waals surface area contributed by atoms with E-state index < -0.39 is 35.5 Å². The van der Waals surface area contributed by atoms with Crippen LogP contribution in [0.4, 0.5) is 0 Å². The summed E-state index contributed by atoms with van der Waals surface area (Å²) in [7, 11) is 0. The van der Waals surface area contributed by atoms with E-state index in [4.69, 9.17) is 4.74 Å². The van der Waals surface area contributed by atoms with Gasteiger partial charge in [0.25, 0.3) is 0 Å². The van der Waals surface area contributed by atoms with Crippen molar-refractivity contribution in [3.05, 3.63) is 12.2 Å². The van der Waals surface area contributed by atoms with Gasteiger partial charge in [0.1, 0.15) is 24.9 Å². The molecule has 1 aliphatic carbocycles. The standard InChI is InChI=1S/C13H16O6/c1-8(14)18-7-12(2,17)5-6-13-10(16)4-3-9(15)11(13)19-13/h3-4,9-11,15-17H,7H2,1-2H3/t9-,10-,11+,12?,13-/m0/s1. The fraction of sp³-hybridized carbons (Fsp3) is 0.615. The minimum absolute atomic E-state index is 0.273. The molecule has 0 amide bonds. The van der Waals surface area contributed by atoms with E-state index >= 15 is 0 Å². The van der Waals surface area contributed by atoms with Crippen LogP contribution in [0.1, 0.15) is 13.8 Å². The first-order chi connectivity index (χ1) is 8.77. The second-order valence-corrected chi connectivity index (χ2v) is 4.96. The number of aliphatic hydroxyl groups excluding tert-OH is 2. The molecule has 104 valence electrons. The lowest BCUT2D eigenvalue weighted by Crippen LogP contribution is -2.38. The van der Waals surface area contributed by atoms with Crippen LogP contribution in [0.3, 0.4) is 0 Å². The van der Waals surface area contributed by atoms with Crippen LogP contribution in [-0.2, 0) is 14.3 Å². The molecule has 2 rings (SSSR count). The van der Waals surface area contributed by atoms with Crippen LogP contribution in [0.5, 0.6) is 0 Å². The summed E-state index contributed by atoms with van der Waals surface area (Å²) in [6.45, 7) is 2.34. The summed E-state index contributed by atoms with van der Waals surface area (Å²) in [5.41, 5.74) is -2.71. The number of hydrogen-bond acceptors (Lipinski definition) is 6. The van der Waals surface area contributed by atoms with Crippen molar-refractivity contribution in [3.8, 4) is 11.8 Å². The van der Waals surface area contributed by atoms with E-state index in [-0.39, 0.29) is 6.61 Å².